The lowest BCUT2D eigenvalue weighted by atomic mass is 11.0. The normalized spacial score (nSPS) is 12.2. The van der Waals surface area contributed by atoms with Gasteiger partial charge < -0.3 is 4.55 Å². The van der Waals surface area contributed by atoms with Gasteiger partial charge in [0.25, 0.3) is 0 Å². The quantitative estimate of drug-likeness (QED) is 0.388. The second-order valence-electron chi connectivity index (χ2n) is 0.598. The van der Waals surface area contributed by atoms with Gasteiger partial charge in [0.1, 0.15) is 0 Å². The average Bonchev–Trinajstić information content (AvgIpc) is 1.35. The number of hydrogen-bond acceptors (Lipinski definition) is 1. The van der Waals surface area contributed by atoms with Crippen molar-refractivity contribution >= 4 is 11.1 Å². The molecule has 1 unspecified atom stereocenters. The summed E-state index contributed by atoms with van der Waals surface area (Å²) >= 11 is -1.86. The highest BCUT2D eigenvalue weighted by Crippen LogP contribution is 1.67. The number of rotatable bonds is 1. The molecule has 34 valence electrons. The smallest absolute Gasteiger partial charge is 0.186 e. The zero-order chi connectivity index (χ0) is 4.99. The van der Waals surface area contributed by atoms with Crippen LogP contribution in [0, 0.1) is 0 Å². The Bertz CT molecular complexity index is 101. The van der Waals surface area contributed by atoms with E-state index in [4.69, 9.17) is 4.55 Å². The van der Waals surface area contributed by atoms with Gasteiger partial charge in [-0.15, -0.1) is 5.73 Å². The molecule has 0 aliphatic carbocycles. The lowest BCUT2D eigenvalue weighted by Crippen LogP contribution is -1.71. The average molecular weight is 104 g/mol. The first-order chi connectivity index (χ1) is 2.77. The van der Waals surface area contributed by atoms with Gasteiger partial charge >= 0.3 is 0 Å². The van der Waals surface area contributed by atoms with Crippen molar-refractivity contribution in [3.8, 4) is 0 Å². The molecule has 1 atom stereocenters. The Kier molecular flexibility index (Phi) is 2.67. The maximum Gasteiger partial charge on any atom is 0.186 e. The van der Waals surface area contributed by atoms with Crippen LogP contribution in [-0.2, 0) is 11.1 Å². The second-order valence-corrected chi connectivity index (χ2v) is 1.39. The van der Waals surface area contributed by atoms with Gasteiger partial charge in [-0.3, -0.25) is 0 Å². The van der Waals surface area contributed by atoms with Gasteiger partial charge in [-0.2, -0.15) is 0 Å². The van der Waals surface area contributed by atoms with Crippen LogP contribution < -0.4 is 0 Å². The first-order valence-corrected chi connectivity index (χ1v) is 2.40. The molecule has 0 aromatic carbocycles. The zero-order valence-electron chi connectivity index (χ0n) is 3.05. The summed E-state index contributed by atoms with van der Waals surface area (Å²) in [4.78, 5) is 0. The maximum atomic E-state index is 9.55. The largest absolute Gasteiger partial charge is 0.302 e. The lowest BCUT2D eigenvalue weighted by Gasteiger charge is -1.66. The summed E-state index contributed by atoms with van der Waals surface area (Å²) < 4.78 is 17.4. The summed E-state index contributed by atoms with van der Waals surface area (Å²) in [6, 6.07) is 0. The zero-order valence-corrected chi connectivity index (χ0v) is 3.86. The standard InChI is InChI=1S/C3H4O2S/c1-2-3-6(4)5/h3H,1H2,(H,4,5). The Labute approximate surface area is 38.5 Å². The summed E-state index contributed by atoms with van der Waals surface area (Å²) in [5.74, 6) is 0. The van der Waals surface area contributed by atoms with Crippen LogP contribution in [-0.4, -0.2) is 8.76 Å². The molecular weight excluding hydrogens is 100 g/mol. The third-order valence-electron chi connectivity index (χ3n) is 0.184. The van der Waals surface area contributed by atoms with E-state index >= 15 is 0 Å². The molecule has 0 bridgehead atoms. The first kappa shape index (κ1) is 5.63. The minimum atomic E-state index is -1.86. The minimum absolute atomic E-state index is 0.958. The Hall–Kier alpha value is -0.370. The van der Waals surface area contributed by atoms with Gasteiger partial charge in [-0.05, 0) is 0 Å². The summed E-state index contributed by atoms with van der Waals surface area (Å²) in [6.45, 7) is 3.07. The molecule has 6 heavy (non-hydrogen) atoms. The van der Waals surface area contributed by atoms with Crippen LogP contribution in [0.1, 0.15) is 0 Å². The van der Waals surface area contributed by atoms with Crippen molar-refractivity contribution < 1.29 is 8.76 Å². The van der Waals surface area contributed by atoms with E-state index in [0.717, 1.165) is 5.41 Å². The Morgan fingerprint density at radius 3 is 2.50 bits per heavy atom. The van der Waals surface area contributed by atoms with E-state index < -0.39 is 11.1 Å². The molecule has 0 aromatic rings. The van der Waals surface area contributed by atoms with Gasteiger partial charge in [0.2, 0.25) is 0 Å². The van der Waals surface area contributed by atoms with E-state index in [1.165, 1.54) is 0 Å². The van der Waals surface area contributed by atoms with Crippen molar-refractivity contribution in [2.24, 2.45) is 0 Å². The van der Waals surface area contributed by atoms with E-state index in [2.05, 4.69) is 12.3 Å². The molecule has 0 spiro atoms. The molecule has 0 aromatic heterocycles. The van der Waals surface area contributed by atoms with Crippen molar-refractivity contribution in [2.75, 3.05) is 0 Å². The van der Waals surface area contributed by atoms with Crippen LogP contribution in [0.2, 0.25) is 0 Å². The third-order valence-corrected chi connectivity index (χ3v) is 0.552. The predicted octanol–water partition coefficient (Wildman–Crippen LogP) is 0.507. The molecule has 3 heteroatoms. The van der Waals surface area contributed by atoms with Crippen LogP contribution in [0.15, 0.2) is 17.7 Å². The molecule has 0 heterocycles. The van der Waals surface area contributed by atoms with E-state index in [-0.39, 0.29) is 0 Å². The molecule has 0 aliphatic rings. The van der Waals surface area contributed by atoms with E-state index in [0.29, 0.717) is 0 Å². The summed E-state index contributed by atoms with van der Waals surface area (Å²) in [5.41, 5.74) is 2.14. The summed E-state index contributed by atoms with van der Waals surface area (Å²) in [6.07, 6.45) is 0. The third kappa shape index (κ3) is 3.63. The highest BCUT2D eigenvalue weighted by atomic mass is 32.2. The highest BCUT2D eigenvalue weighted by Gasteiger charge is 1.71. The minimum Gasteiger partial charge on any atom is -0.302 e. The fourth-order valence-corrected chi connectivity index (χ4v) is 0.214. The lowest BCUT2D eigenvalue weighted by molar-refractivity contribution is 0.574. The van der Waals surface area contributed by atoms with E-state index in [1.54, 1.807) is 0 Å². The van der Waals surface area contributed by atoms with Crippen molar-refractivity contribution in [2.45, 2.75) is 0 Å². The molecule has 2 nitrogen and oxygen atoms in total. The van der Waals surface area contributed by atoms with Crippen LogP contribution in [0.5, 0.6) is 0 Å². The van der Waals surface area contributed by atoms with Crippen LogP contribution in [0.25, 0.3) is 0 Å². The summed E-state index contributed by atoms with van der Waals surface area (Å²) in [7, 11) is 0. The molecular formula is C3H4O2S. The van der Waals surface area contributed by atoms with Gasteiger partial charge in [0.15, 0.2) is 11.1 Å². The SMILES string of the molecule is C=C=CS(=O)O. The van der Waals surface area contributed by atoms with Gasteiger partial charge in [0.05, 0.1) is 5.41 Å². The topological polar surface area (TPSA) is 37.3 Å². The Morgan fingerprint density at radius 1 is 2.00 bits per heavy atom. The van der Waals surface area contributed by atoms with Gasteiger partial charge in [0, 0.05) is 0 Å². The monoisotopic (exact) mass is 104 g/mol. The Balaban J connectivity index is 3.60. The molecule has 0 amide bonds. The second kappa shape index (κ2) is 2.85. The van der Waals surface area contributed by atoms with Crippen LogP contribution in [0.4, 0.5) is 0 Å². The molecule has 0 saturated carbocycles. The summed E-state index contributed by atoms with van der Waals surface area (Å²) in [5, 5.41) is 0.958. The fraction of sp³-hybridized carbons (Fsp3) is 0. The van der Waals surface area contributed by atoms with Crippen molar-refractivity contribution in [3.63, 3.8) is 0 Å². The molecule has 0 aliphatic heterocycles. The molecule has 1 N–H and O–H groups in total. The van der Waals surface area contributed by atoms with Crippen molar-refractivity contribution in [1.29, 1.82) is 0 Å². The Morgan fingerprint density at radius 2 is 2.50 bits per heavy atom. The van der Waals surface area contributed by atoms with Crippen molar-refractivity contribution in [3.05, 3.63) is 17.7 Å². The van der Waals surface area contributed by atoms with Crippen LogP contribution in [0.3, 0.4) is 0 Å². The molecule has 0 saturated heterocycles. The first-order valence-electron chi connectivity index (χ1n) is 1.23. The highest BCUT2D eigenvalue weighted by molar-refractivity contribution is 7.82. The number of hydrogen-bond donors (Lipinski definition) is 1. The van der Waals surface area contributed by atoms with E-state index in [9.17, 15) is 4.21 Å². The van der Waals surface area contributed by atoms with Crippen LogP contribution >= 0.6 is 0 Å². The molecule has 0 rings (SSSR count). The predicted molar refractivity (Wildman–Crippen MR) is 24.5 cm³/mol. The maximum absolute atomic E-state index is 9.55. The fourth-order valence-electron chi connectivity index (χ4n) is 0.0713. The van der Waals surface area contributed by atoms with Crippen molar-refractivity contribution in [1.82, 2.24) is 0 Å². The van der Waals surface area contributed by atoms with E-state index in [1.807, 2.05) is 0 Å². The van der Waals surface area contributed by atoms with Gasteiger partial charge in [-0.1, -0.05) is 6.58 Å². The molecule has 0 fully saturated rings. The van der Waals surface area contributed by atoms with Gasteiger partial charge in [-0.25, -0.2) is 4.21 Å². The molecule has 0 radical (unpaired) electrons.